The van der Waals surface area contributed by atoms with Gasteiger partial charge in [-0.2, -0.15) is 5.26 Å². The smallest absolute Gasteiger partial charge is 0.342 e. The minimum Gasteiger partial charge on any atom is -0.477 e. The number of nitrogens with zero attached hydrogens (tertiary/aromatic N) is 3. The van der Waals surface area contributed by atoms with E-state index in [9.17, 15) is 15.2 Å². The van der Waals surface area contributed by atoms with Crippen LogP contribution in [-0.2, 0) is 11.2 Å². The molecule has 8 heteroatoms. The second-order valence-electron chi connectivity index (χ2n) is 5.59. The lowest BCUT2D eigenvalue weighted by Crippen LogP contribution is -1.97. The van der Waals surface area contributed by atoms with Gasteiger partial charge in [0.25, 0.3) is 0 Å². The largest absolute Gasteiger partial charge is 0.477 e. The molecule has 0 aliphatic carbocycles. The molecule has 0 unspecified atom stereocenters. The average Bonchev–Trinajstić information content (AvgIpc) is 3.31. The summed E-state index contributed by atoms with van der Waals surface area (Å²) in [5.74, 6) is 0.485. The summed E-state index contributed by atoms with van der Waals surface area (Å²) >= 11 is 0.947. The zero-order chi connectivity index (χ0) is 19.2. The maximum absolute atomic E-state index is 11.6. The van der Waals surface area contributed by atoms with E-state index in [1.165, 1.54) is 6.08 Å². The number of rotatable bonds is 7. The average molecular weight is 380 g/mol. The first kappa shape index (κ1) is 18.5. The summed E-state index contributed by atoms with van der Waals surface area (Å²) in [7, 11) is 0. The van der Waals surface area contributed by atoms with Gasteiger partial charge in [0, 0.05) is 18.1 Å². The molecule has 0 bridgehead atoms. The third kappa shape index (κ3) is 4.46. The van der Waals surface area contributed by atoms with E-state index in [1.54, 1.807) is 30.3 Å². The molecule has 0 spiro atoms. The van der Waals surface area contributed by atoms with Crippen LogP contribution in [-0.4, -0.2) is 26.3 Å². The standard InChI is InChI=1S/C19H16N4O3S/c1-2-5-17-21-19(23-22-17)27-16(18(24)25)10-13-8-9-15(26-13)14-7-4-3-6-12(14)11-20/h3-4,6-10H,2,5H2,1H3,(H,24,25)(H,21,22,23)/b16-10+. The van der Waals surface area contributed by atoms with Crippen LogP contribution in [0.1, 0.15) is 30.5 Å². The molecule has 136 valence electrons. The van der Waals surface area contributed by atoms with E-state index < -0.39 is 5.97 Å². The number of thioether (sulfide) groups is 1. The Morgan fingerprint density at radius 1 is 1.37 bits per heavy atom. The summed E-state index contributed by atoms with van der Waals surface area (Å²) in [6, 6.07) is 12.5. The van der Waals surface area contributed by atoms with Crippen molar-refractivity contribution in [2.75, 3.05) is 0 Å². The van der Waals surface area contributed by atoms with Crippen molar-refractivity contribution in [2.45, 2.75) is 24.9 Å². The first-order valence-electron chi connectivity index (χ1n) is 8.24. The number of nitrogens with one attached hydrogen (secondary N) is 1. The highest BCUT2D eigenvalue weighted by molar-refractivity contribution is 8.04. The summed E-state index contributed by atoms with van der Waals surface area (Å²) in [6.45, 7) is 2.02. The molecule has 0 saturated carbocycles. The summed E-state index contributed by atoms with van der Waals surface area (Å²) in [5, 5.41) is 25.8. The fourth-order valence-electron chi connectivity index (χ4n) is 2.41. The zero-order valence-corrected chi connectivity index (χ0v) is 15.3. The summed E-state index contributed by atoms with van der Waals surface area (Å²) in [6.07, 6.45) is 3.08. The first-order chi connectivity index (χ1) is 13.1. The maximum Gasteiger partial charge on any atom is 0.342 e. The predicted octanol–water partition coefficient (Wildman–Crippen LogP) is 4.11. The molecule has 0 amide bonds. The molecule has 2 N–H and O–H groups in total. The molecular formula is C19H16N4O3S. The number of aliphatic carboxylic acids is 1. The van der Waals surface area contributed by atoms with E-state index in [2.05, 4.69) is 21.3 Å². The third-order valence-electron chi connectivity index (χ3n) is 3.62. The van der Waals surface area contributed by atoms with Crippen molar-refractivity contribution in [3.05, 3.63) is 58.5 Å². The molecule has 3 aromatic rings. The van der Waals surface area contributed by atoms with Gasteiger partial charge in [0.2, 0.25) is 5.16 Å². The zero-order valence-electron chi connectivity index (χ0n) is 14.5. The number of furan rings is 1. The van der Waals surface area contributed by atoms with Crippen LogP contribution in [0.5, 0.6) is 0 Å². The van der Waals surface area contributed by atoms with E-state index in [-0.39, 0.29) is 4.91 Å². The monoisotopic (exact) mass is 380 g/mol. The first-order valence-corrected chi connectivity index (χ1v) is 9.05. The molecule has 0 saturated heterocycles. The summed E-state index contributed by atoms with van der Waals surface area (Å²) in [5.41, 5.74) is 1.14. The number of aromatic nitrogens is 3. The Kier molecular flexibility index (Phi) is 5.74. The molecule has 7 nitrogen and oxygen atoms in total. The molecule has 27 heavy (non-hydrogen) atoms. The van der Waals surface area contributed by atoms with Crippen molar-refractivity contribution in [3.8, 4) is 17.4 Å². The van der Waals surface area contributed by atoms with Gasteiger partial charge in [-0.05, 0) is 42.4 Å². The summed E-state index contributed by atoms with van der Waals surface area (Å²) in [4.78, 5) is 15.9. The molecule has 2 aromatic heterocycles. The lowest BCUT2D eigenvalue weighted by Gasteiger charge is -2.00. The molecule has 0 atom stereocenters. The van der Waals surface area contributed by atoms with Crippen LogP contribution >= 0.6 is 11.8 Å². The van der Waals surface area contributed by atoms with E-state index >= 15 is 0 Å². The number of H-pyrrole nitrogens is 1. The highest BCUT2D eigenvalue weighted by atomic mass is 32.2. The third-order valence-corrected chi connectivity index (χ3v) is 4.50. The van der Waals surface area contributed by atoms with E-state index in [1.807, 2.05) is 13.0 Å². The number of carboxylic acids is 1. The van der Waals surface area contributed by atoms with Crippen LogP contribution in [0.4, 0.5) is 0 Å². The topological polar surface area (TPSA) is 116 Å². The molecule has 2 heterocycles. The van der Waals surface area contributed by atoms with Crippen molar-refractivity contribution < 1.29 is 14.3 Å². The van der Waals surface area contributed by atoms with Crippen molar-refractivity contribution >= 4 is 23.8 Å². The van der Waals surface area contributed by atoms with Crippen LogP contribution in [0.3, 0.4) is 0 Å². The Balaban J connectivity index is 1.85. The van der Waals surface area contributed by atoms with Gasteiger partial charge in [0.1, 0.15) is 22.3 Å². The number of aryl methyl sites for hydroxylation is 1. The Labute approximate surface area is 159 Å². The van der Waals surface area contributed by atoms with Gasteiger partial charge >= 0.3 is 5.97 Å². The lowest BCUT2D eigenvalue weighted by atomic mass is 10.1. The van der Waals surface area contributed by atoms with Crippen LogP contribution in [0.15, 0.2) is 50.9 Å². The van der Waals surface area contributed by atoms with Crippen molar-refractivity contribution in [1.29, 1.82) is 5.26 Å². The number of carboxylic acid groups (broad SMARTS) is 1. The molecule has 0 radical (unpaired) electrons. The second-order valence-corrected chi connectivity index (χ2v) is 6.60. The van der Waals surface area contributed by atoms with Gasteiger partial charge < -0.3 is 9.52 Å². The molecule has 1 aromatic carbocycles. The van der Waals surface area contributed by atoms with Crippen molar-refractivity contribution in [2.24, 2.45) is 0 Å². The van der Waals surface area contributed by atoms with Gasteiger partial charge in [-0.1, -0.05) is 19.1 Å². The summed E-state index contributed by atoms with van der Waals surface area (Å²) < 4.78 is 5.72. The Morgan fingerprint density at radius 2 is 2.19 bits per heavy atom. The van der Waals surface area contributed by atoms with Gasteiger partial charge in [-0.25, -0.2) is 9.78 Å². The maximum atomic E-state index is 11.6. The van der Waals surface area contributed by atoms with Gasteiger partial charge in [-0.15, -0.1) is 5.10 Å². The highest BCUT2D eigenvalue weighted by Gasteiger charge is 2.15. The van der Waals surface area contributed by atoms with E-state index in [0.29, 0.717) is 27.8 Å². The van der Waals surface area contributed by atoms with Gasteiger partial charge in [-0.3, -0.25) is 5.10 Å². The number of benzene rings is 1. The quantitative estimate of drug-likeness (QED) is 0.468. The minimum atomic E-state index is -1.10. The van der Waals surface area contributed by atoms with Crippen LogP contribution in [0.25, 0.3) is 17.4 Å². The van der Waals surface area contributed by atoms with Crippen LogP contribution in [0, 0.1) is 11.3 Å². The number of hydrogen-bond acceptors (Lipinski definition) is 6. The van der Waals surface area contributed by atoms with Crippen LogP contribution in [0.2, 0.25) is 0 Å². The SMILES string of the molecule is CCCc1nc(S/C(=C/c2ccc(-c3ccccc3C#N)o2)C(=O)O)n[nH]1. The van der Waals surface area contributed by atoms with Crippen molar-refractivity contribution in [1.82, 2.24) is 15.2 Å². The van der Waals surface area contributed by atoms with E-state index in [4.69, 9.17) is 4.42 Å². The molecule has 0 fully saturated rings. The van der Waals surface area contributed by atoms with Crippen LogP contribution < -0.4 is 0 Å². The van der Waals surface area contributed by atoms with Gasteiger partial charge in [0.15, 0.2) is 0 Å². The van der Waals surface area contributed by atoms with Crippen molar-refractivity contribution in [3.63, 3.8) is 0 Å². The molecule has 0 aliphatic rings. The van der Waals surface area contributed by atoms with Gasteiger partial charge in [0.05, 0.1) is 11.6 Å². The number of nitriles is 1. The minimum absolute atomic E-state index is 0.0338. The Bertz CT molecular complexity index is 1030. The number of hydrogen-bond donors (Lipinski definition) is 2. The normalized spacial score (nSPS) is 11.3. The number of carbonyl (C=O) groups is 1. The molecular weight excluding hydrogens is 364 g/mol. The fourth-order valence-corrected chi connectivity index (χ4v) is 3.11. The van der Waals surface area contributed by atoms with E-state index in [0.717, 1.165) is 30.4 Å². The Hall–Kier alpha value is -3.31. The highest BCUT2D eigenvalue weighted by Crippen LogP contribution is 2.29. The lowest BCUT2D eigenvalue weighted by molar-refractivity contribution is -0.131. The fraction of sp³-hybridized carbons (Fsp3) is 0.158. The molecule has 3 rings (SSSR count). The number of aromatic amines is 1. The predicted molar refractivity (Wildman–Crippen MR) is 101 cm³/mol. The Morgan fingerprint density at radius 3 is 2.93 bits per heavy atom. The molecule has 0 aliphatic heterocycles. The second kappa shape index (κ2) is 8.38.